The quantitative estimate of drug-likeness (QED) is 0.482. The molecular formula is C21H18N4O4. The van der Waals surface area contributed by atoms with Crippen molar-refractivity contribution < 1.29 is 19.5 Å². The predicted molar refractivity (Wildman–Crippen MR) is 108 cm³/mol. The van der Waals surface area contributed by atoms with E-state index in [-0.39, 0.29) is 11.6 Å². The van der Waals surface area contributed by atoms with E-state index in [1.807, 2.05) is 0 Å². The van der Waals surface area contributed by atoms with Gasteiger partial charge in [0.15, 0.2) is 5.69 Å². The van der Waals surface area contributed by atoms with Crippen LogP contribution in [0.5, 0.6) is 0 Å². The van der Waals surface area contributed by atoms with Gasteiger partial charge in [0, 0.05) is 17.7 Å². The number of carboxylic acid groups (broad SMARTS) is 1. The molecule has 8 nitrogen and oxygen atoms in total. The number of aromatic nitrogens is 2. The Labute approximate surface area is 165 Å². The molecule has 1 saturated carbocycles. The normalized spacial score (nSPS) is 13.5. The van der Waals surface area contributed by atoms with Crippen molar-refractivity contribution in [1.82, 2.24) is 15.5 Å². The van der Waals surface area contributed by atoms with Gasteiger partial charge in [-0.1, -0.05) is 18.2 Å². The van der Waals surface area contributed by atoms with E-state index in [4.69, 9.17) is 0 Å². The van der Waals surface area contributed by atoms with Crippen LogP contribution in [0.4, 0.5) is 5.69 Å². The summed E-state index contributed by atoms with van der Waals surface area (Å²) in [7, 11) is 0. The number of anilines is 1. The molecule has 1 aliphatic rings. The highest BCUT2D eigenvalue weighted by molar-refractivity contribution is 6.12. The topological polar surface area (TPSA) is 124 Å². The van der Waals surface area contributed by atoms with Gasteiger partial charge in [-0.2, -0.15) is 5.10 Å². The summed E-state index contributed by atoms with van der Waals surface area (Å²) < 4.78 is 0. The van der Waals surface area contributed by atoms with E-state index in [9.17, 15) is 19.5 Å². The van der Waals surface area contributed by atoms with Crippen LogP contribution < -0.4 is 10.6 Å². The Morgan fingerprint density at radius 3 is 2.55 bits per heavy atom. The van der Waals surface area contributed by atoms with Gasteiger partial charge in [0.2, 0.25) is 5.91 Å². The Kier molecular flexibility index (Phi) is 4.82. The molecule has 0 bridgehead atoms. The van der Waals surface area contributed by atoms with E-state index < -0.39 is 11.9 Å². The summed E-state index contributed by atoms with van der Waals surface area (Å²) in [5.74, 6) is -1.69. The SMILES string of the molecule is O=C(/C=C/c1ccc(C(=O)NC2CC2)cc1)Nc1cccc2[nH]nc(C(=O)O)c12. The molecule has 0 spiro atoms. The van der Waals surface area contributed by atoms with Gasteiger partial charge in [0.25, 0.3) is 5.91 Å². The van der Waals surface area contributed by atoms with E-state index in [0.29, 0.717) is 28.2 Å². The van der Waals surface area contributed by atoms with Crippen LogP contribution in [0.2, 0.25) is 0 Å². The number of nitrogens with zero attached hydrogens (tertiary/aromatic N) is 1. The Balaban J connectivity index is 1.45. The molecule has 4 rings (SSSR count). The number of nitrogens with one attached hydrogen (secondary N) is 3. The zero-order valence-electron chi connectivity index (χ0n) is 15.3. The van der Waals surface area contributed by atoms with Crippen LogP contribution in [0.25, 0.3) is 17.0 Å². The summed E-state index contributed by atoms with van der Waals surface area (Å²) in [6.45, 7) is 0. The highest BCUT2D eigenvalue weighted by Gasteiger charge is 2.23. The number of aromatic amines is 1. The second kappa shape index (κ2) is 7.59. The van der Waals surface area contributed by atoms with E-state index in [1.165, 1.54) is 6.08 Å². The Morgan fingerprint density at radius 2 is 1.86 bits per heavy atom. The van der Waals surface area contributed by atoms with Crippen LogP contribution in [0.3, 0.4) is 0 Å². The lowest BCUT2D eigenvalue weighted by Gasteiger charge is -2.05. The summed E-state index contributed by atoms with van der Waals surface area (Å²) in [5.41, 5.74) is 2.06. The molecule has 3 aromatic rings. The molecule has 1 heterocycles. The summed E-state index contributed by atoms with van der Waals surface area (Å²) in [6, 6.07) is 12.2. The molecule has 2 amide bonds. The third-order valence-corrected chi connectivity index (χ3v) is 4.56. The van der Waals surface area contributed by atoms with Crippen molar-refractivity contribution in [3.63, 3.8) is 0 Å². The van der Waals surface area contributed by atoms with Gasteiger partial charge in [-0.05, 0) is 48.7 Å². The number of benzene rings is 2. The first kappa shape index (κ1) is 18.4. The minimum absolute atomic E-state index is 0.0942. The van der Waals surface area contributed by atoms with Crippen molar-refractivity contribution in [3.05, 3.63) is 65.4 Å². The molecule has 0 radical (unpaired) electrons. The molecule has 8 heteroatoms. The maximum Gasteiger partial charge on any atom is 0.357 e. The van der Waals surface area contributed by atoms with Crippen molar-refractivity contribution in [3.8, 4) is 0 Å². The molecule has 0 unspecified atom stereocenters. The fourth-order valence-electron chi connectivity index (χ4n) is 2.92. The van der Waals surface area contributed by atoms with Crippen molar-refractivity contribution in [1.29, 1.82) is 0 Å². The average molecular weight is 390 g/mol. The van der Waals surface area contributed by atoms with E-state index in [2.05, 4.69) is 20.8 Å². The average Bonchev–Trinajstić information content (AvgIpc) is 3.41. The number of carboxylic acids is 1. The van der Waals surface area contributed by atoms with Gasteiger partial charge in [-0.25, -0.2) is 4.79 Å². The van der Waals surface area contributed by atoms with E-state index in [1.54, 1.807) is 48.5 Å². The van der Waals surface area contributed by atoms with Gasteiger partial charge in [0.1, 0.15) is 0 Å². The Morgan fingerprint density at radius 1 is 1.10 bits per heavy atom. The second-order valence-corrected chi connectivity index (χ2v) is 6.80. The van der Waals surface area contributed by atoms with Crippen LogP contribution in [0.1, 0.15) is 39.3 Å². The molecule has 0 atom stereocenters. The Hall–Kier alpha value is -3.94. The van der Waals surface area contributed by atoms with Gasteiger partial charge in [-0.3, -0.25) is 14.7 Å². The number of hydrogen-bond acceptors (Lipinski definition) is 4. The third-order valence-electron chi connectivity index (χ3n) is 4.56. The number of amides is 2. The molecule has 0 saturated heterocycles. The molecule has 1 fully saturated rings. The van der Waals surface area contributed by atoms with Crippen molar-refractivity contribution >= 4 is 40.4 Å². The lowest BCUT2D eigenvalue weighted by atomic mass is 10.1. The zero-order valence-corrected chi connectivity index (χ0v) is 15.3. The monoisotopic (exact) mass is 390 g/mol. The van der Waals surface area contributed by atoms with Crippen LogP contribution in [-0.2, 0) is 4.79 Å². The number of carbonyl (C=O) groups excluding carboxylic acids is 2. The number of fused-ring (bicyclic) bond motifs is 1. The second-order valence-electron chi connectivity index (χ2n) is 6.80. The first-order valence-electron chi connectivity index (χ1n) is 9.11. The number of hydrogen-bond donors (Lipinski definition) is 4. The lowest BCUT2D eigenvalue weighted by Crippen LogP contribution is -2.25. The van der Waals surface area contributed by atoms with Crippen molar-refractivity contribution in [2.24, 2.45) is 0 Å². The van der Waals surface area contributed by atoms with Crippen LogP contribution in [0, 0.1) is 0 Å². The molecular weight excluding hydrogens is 372 g/mol. The van der Waals surface area contributed by atoms with E-state index >= 15 is 0 Å². The lowest BCUT2D eigenvalue weighted by molar-refractivity contribution is -0.111. The van der Waals surface area contributed by atoms with Crippen LogP contribution in [-0.4, -0.2) is 39.1 Å². The van der Waals surface area contributed by atoms with Gasteiger partial charge >= 0.3 is 5.97 Å². The number of aromatic carboxylic acids is 1. The number of rotatable bonds is 6. The summed E-state index contributed by atoms with van der Waals surface area (Å²) in [5, 5.41) is 21.6. The highest BCUT2D eigenvalue weighted by Crippen LogP contribution is 2.25. The predicted octanol–water partition coefficient (Wildman–Crippen LogP) is 2.81. The summed E-state index contributed by atoms with van der Waals surface area (Å²) >= 11 is 0. The smallest absolute Gasteiger partial charge is 0.357 e. The highest BCUT2D eigenvalue weighted by atomic mass is 16.4. The molecule has 4 N–H and O–H groups in total. The van der Waals surface area contributed by atoms with Gasteiger partial charge < -0.3 is 15.7 Å². The minimum Gasteiger partial charge on any atom is -0.476 e. The third kappa shape index (κ3) is 4.16. The summed E-state index contributed by atoms with van der Waals surface area (Å²) in [6.07, 6.45) is 5.02. The zero-order chi connectivity index (χ0) is 20.4. The number of carbonyl (C=O) groups is 3. The fourth-order valence-corrected chi connectivity index (χ4v) is 2.92. The number of H-pyrrole nitrogens is 1. The van der Waals surface area contributed by atoms with Gasteiger partial charge in [0.05, 0.1) is 16.6 Å². The minimum atomic E-state index is -1.18. The molecule has 0 aliphatic heterocycles. The molecule has 1 aromatic heterocycles. The largest absolute Gasteiger partial charge is 0.476 e. The van der Waals surface area contributed by atoms with Crippen molar-refractivity contribution in [2.75, 3.05) is 5.32 Å². The first-order valence-corrected chi connectivity index (χ1v) is 9.11. The summed E-state index contributed by atoms with van der Waals surface area (Å²) in [4.78, 5) is 35.6. The standard InChI is InChI=1S/C21H18N4O4/c26-17(23-15-2-1-3-16-18(15)19(21(28)29)25-24-16)11-6-12-4-7-13(8-5-12)20(27)22-14-9-10-14/h1-8,11,14H,9-10H2,(H,22,27)(H,23,26)(H,24,25)(H,28,29)/b11-6+. The molecule has 29 heavy (non-hydrogen) atoms. The molecule has 2 aromatic carbocycles. The van der Waals surface area contributed by atoms with Gasteiger partial charge in [-0.15, -0.1) is 0 Å². The van der Waals surface area contributed by atoms with Crippen LogP contribution >= 0.6 is 0 Å². The first-order chi connectivity index (χ1) is 14.0. The Bertz CT molecular complexity index is 1130. The molecule has 146 valence electrons. The molecule has 1 aliphatic carbocycles. The van der Waals surface area contributed by atoms with Crippen LogP contribution in [0.15, 0.2) is 48.5 Å². The van der Waals surface area contributed by atoms with E-state index in [0.717, 1.165) is 18.4 Å². The van der Waals surface area contributed by atoms with Crippen molar-refractivity contribution in [2.45, 2.75) is 18.9 Å². The maximum absolute atomic E-state index is 12.3. The maximum atomic E-state index is 12.3. The fraction of sp³-hybridized carbons (Fsp3) is 0.143.